The Morgan fingerprint density at radius 2 is 0.937 bits per heavy atom. The van der Waals surface area contributed by atoms with Gasteiger partial charge in [-0.1, -0.05) is 67.7 Å². The van der Waals surface area contributed by atoms with Gasteiger partial charge in [0.2, 0.25) is 35.4 Å². The zero-order valence-electron chi connectivity index (χ0n) is 38.5. The number of rotatable bonds is 33. The highest BCUT2D eigenvalue weighted by molar-refractivity contribution is 5.97. The first-order valence-electron chi connectivity index (χ1n) is 22.2. The van der Waals surface area contributed by atoms with Crippen LogP contribution in [0.25, 0.3) is 0 Å². The second kappa shape index (κ2) is 31.6. The highest BCUT2D eigenvalue weighted by atomic mass is 16.4. The SMILES string of the molecule is CCCC[C@H](NC(=O)[C@H](CCCCN)NC(=O)[C@@H](NC(=O)[C@H](CCCN=C(N)N)NC(=O)[C@H](CCCN=C(N)N)NC(=O)[C@@H](N)C(C)C)[C@@H](C)CC)C(=O)N[C@@H](CC(C)C)C(=O)O. The van der Waals surface area contributed by atoms with Crippen LogP contribution >= 0.6 is 0 Å². The normalized spacial score (nSPS) is 15.0. The van der Waals surface area contributed by atoms with Crippen molar-refractivity contribution in [2.75, 3.05) is 19.6 Å². The maximum Gasteiger partial charge on any atom is 0.326 e. The molecule has 362 valence electrons. The van der Waals surface area contributed by atoms with Crippen molar-refractivity contribution < 1.29 is 38.7 Å². The molecule has 6 amide bonds. The second-order valence-electron chi connectivity index (χ2n) is 16.7. The molecule has 0 saturated heterocycles. The molecule has 0 rings (SSSR count). The Morgan fingerprint density at radius 1 is 0.540 bits per heavy atom. The van der Waals surface area contributed by atoms with Gasteiger partial charge < -0.3 is 71.4 Å². The van der Waals surface area contributed by atoms with Crippen molar-refractivity contribution in [1.29, 1.82) is 0 Å². The Labute approximate surface area is 372 Å². The van der Waals surface area contributed by atoms with Crippen LogP contribution in [0.5, 0.6) is 0 Å². The van der Waals surface area contributed by atoms with Crippen LogP contribution in [-0.4, -0.2) is 120 Å². The molecule has 0 spiro atoms. The first kappa shape index (κ1) is 57.8. The molecule has 0 aliphatic carbocycles. The van der Waals surface area contributed by atoms with Gasteiger partial charge in [-0.05, 0) is 82.1 Å². The molecule has 0 aromatic heterocycles. The molecule has 0 unspecified atom stereocenters. The van der Waals surface area contributed by atoms with Gasteiger partial charge in [0.05, 0.1) is 6.04 Å². The summed E-state index contributed by atoms with van der Waals surface area (Å²) in [7, 11) is 0. The number of carbonyl (C=O) groups excluding carboxylic acids is 6. The average Bonchev–Trinajstić information content (AvgIpc) is 3.21. The molecule has 63 heavy (non-hydrogen) atoms. The van der Waals surface area contributed by atoms with Gasteiger partial charge in [-0.25, -0.2) is 4.79 Å². The van der Waals surface area contributed by atoms with Crippen LogP contribution in [0.3, 0.4) is 0 Å². The summed E-state index contributed by atoms with van der Waals surface area (Å²) in [5, 5.41) is 26.0. The van der Waals surface area contributed by atoms with E-state index in [2.05, 4.69) is 41.9 Å². The van der Waals surface area contributed by atoms with Crippen LogP contribution in [-0.2, 0) is 33.6 Å². The quantitative estimate of drug-likeness (QED) is 0.0202. The first-order chi connectivity index (χ1) is 29.6. The minimum absolute atomic E-state index is 0.0224. The number of aliphatic imine (C=N–C) groups is 2. The monoisotopic (exact) mass is 897 g/mol. The fourth-order valence-electron chi connectivity index (χ4n) is 6.28. The highest BCUT2D eigenvalue weighted by Gasteiger charge is 2.35. The number of carbonyl (C=O) groups is 7. The summed E-state index contributed by atoms with van der Waals surface area (Å²) in [6, 6.07) is -7.92. The number of carboxylic acid groups (broad SMARTS) is 1. The number of nitrogens with one attached hydrogen (secondary N) is 6. The molecule has 8 atom stereocenters. The number of hydrogen-bond acceptors (Lipinski definition) is 11. The van der Waals surface area contributed by atoms with E-state index in [0.717, 1.165) is 0 Å². The summed E-state index contributed by atoms with van der Waals surface area (Å²) in [5.41, 5.74) is 33.7. The molecule has 0 saturated carbocycles. The van der Waals surface area contributed by atoms with Crippen LogP contribution in [0, 0.1) is 17.8 Å². The molecule has 22 nitrogen and oxygen atoms in total. The molecule has 0 aliphatic heterocycles. The van der Waals surface area contributed by atoms with Crippen molar-refractivity contribution >= 4 is 53.3 Å². The Hall–Kier alpha value is -5.25. The fourth-order valence-corrected chi connectivity index (χ4v) is 6.28. The fraction of sp³-hybridized carbons (Fsp3) is 0.780. The summed E-state index contributed by atoms with van der Waals surface area (Å²) in [4.78, 5) is 102. The van der Waals surface area contributed by atoms with Gasteiger partial charge in [-0.3, -0.25) is 38.8 Å². The zero-order valence-corrected chi connectivity index (χ0v) is 38.5. The summed E-state index contributed by atoms with van der Waals surface area (Å²) in [6.07, 6.45) is 3.80. The molecule has 0 fully saturated rings. The number of unbranched alkanes of at least 4 members (excludes halogenated alkanes) is 2. The van der Waals surface area contributed by atoms with Crippen LogP contribution in [0.15, 0.2) is 9.98 Å². The lowest BCUT2D eigenvalue weighted by atomic mass is 9.96. The molecule has 0 heterocycles. The highest BCUT2D eigenvalue weighted by Crippen LogP contribution is 2.13. The summed E-state index contributed by atoms with van der Waals surface area (Å²) in [6.45, 7) is 13.2. The van der Waals surface area contributed by atoms with E-state index in [4.69, 9.17) is 34.4 Å². The minimum Gasteiger partial charge on any atom is -0.480 e. The molecular weight excluding hydrogens is 817 g/mol. The average molecular weight is 897 g/mol. The minimum atomic E-state index is -1.24. The molecule has 0 aromatic rings. The standard InChI is InChI=1S/C41H80N14O8/c1-8-10-15-26(35(58)54-30(39(62)63)22-23(3)4)50-33(56)27(16-11-12-19-42)53-38(61)32(25(7)9-2)55-36(59)29(18-14-21-49-41(46)47)51-34(57)28(17-13-20-48-40(44)45)52-37(60)31(43)24(5)6/h23-32H,8-22,42-43H2,1-7H3,(H,50,56)(H,51,57)(H,52,60)(H,53,61)(H,54,58)(H,55,59)(H,62,63)(H4,44,45,48)(H4,46,47,49)/t25-,26-,27-,28-,29-,30-,31-,32-/m0/s1. The zero-order chi connectivity index (χ0) is 48.2. The Morgan fingerprint density at radius 3 is 1.32 bits per heavy atom. The van der Waals surface area contributed by atoms with Gasteiger partial charge in [0.25, 0.3) is 0 Å². The predicted molar refractivity (Wildman–Crippen MR) is 243 cm³/mol. The molecule has 19 N–H and O–H groups in total. The van der Waals surface area contributed by atoms with Crippen molar-refractivity contribution in [3.8, 4) is 0 Å². The lowest BCUT2D eigenvalue weighted by Crippen LogP contribution is -2.61. The van der Waals surface area contributed by atoms with E-state index in [1.807, 2.05) is 27.7 Å². The van der Waals surface area contributed by atoms with E-state index in [1.54, 1.807) is 20.8 Å². The summed E-state index contributed by atoms with van der Waals surface area (Å²) < 4.78 is 0. The molecular formula is C41H80N14O8. The lowest BCUT2D eigenvalue weighted by molar-refractivity contribution is -0.143. The van der Waals surface area contributed by atoms with Gasteiger partial charge >= 0.3 is 5.97 Å². The van der Waals surface area contributed by atoms with E-state index in [1.165, 1.54) is 0 Å². The number of hydrogen-bond donors (Lipinski definition) is 13. The number of carboxylic acids is 1. The summed E-state index contributed by atoms with van der Waals surface area (Å²) >= 11 is 0. The molecule has 0 aromatic carbocycles. The number of aliphatic carboxylic acids is 1. The topological polar surface area (TPSA) is 393 Å². The molecule has 0 bridgehead atoms. The van der Waals surface area contributed by atoms with Crippen molar-refractivity contribution in [1.82, 2.24) is 31.9 Å². The third-order valence-corrected chi connectivity index (χ3v) is 10.4. The first-order valence-corrected chi connectivity index (χ1v) is 22.2. The van der Waals surface area contributed by atoms with Crippen molar-refractivity contribution in [3.63, 3.8) is 0 Å². The number of nitrogens with zero attached hydrogens (tertiary/aromatic N) is 2. The van der Waals surface area contributed by atoms with Gasteiger partial charge in [0, 0.05) is 13.1 Å². The largest absolute Gasteiger partial charge is 0.480 e. The van der Waals surface area contributed by atoms with Crippen molar-refractivity contribution in [2.24, 2.45) is 62.1 Å². The smallest absolute Gasteiger partial charge is 0.326 e. The third-order valence-electron chi connectivity index (χ3n) is 10.4. The maximum atomic E-state index is 14.2. The van der Waals surface area contributed by atoms with Gasteiger partial charge in [-0.2, -0.15) is 0 Å². The van der Waals surface area contributed by atoms with Crippen LogP contribution in [0.1, 0.15) is 126 Å². The number of guanidine groups is 2. The van der Waals surface area contributed by atoms with Gasteiger partial charge in [0.1, 0.15) is 36.3 Å². The van der Waals surface area contributed by atoms with Crippen LogP contribution < -0.4 is 66.3 Å². The Balaban J connectivity index is 6.66. The second-order valence-corrected chi connectivity index (χ2v) is 16.7. The van der Waals surface area contributed by atoms with E-state index >= 15 is 0 Å². The maximum absolute atomic E-state index is 14.2. The predicted octanol–water partition coefficient (Wildman–Crippen LogP) is -1.52. The van der Waals surface area contributed by atoms with Gasteiger partial charge in [-0.15, -0.1) is 0 Å². The molecule has 0 radical (unpaired) electrons. The van der Waals surface area contributed by atoms with Crippen molar-refractivity contribution in [3.05, 3.63) is 0 Å². The van der Waals surface area contributed by atoms with Crippen LogP contribution in [0.2, 0.25) is 0 Å². The Kier molecular flexibility index (Phi) is 28.9. The van der Waals surface area contributed by atoms with E-state index in [-0.39, 0.29) is 81.8 Å². The Bertz CT molecular complexity index is 1500. The molecule has 22 heteroatoms. The van der Waals surface area contributed by atoms with Crippen LogP contribution in [0.4, 0.5) is 0 Å². The van der Waals surface area contributed by atoms with E-state index in [9.17, 15) is 38.7 Å². The van der Waals surface area contributed by atoms with E-state index in [0.29, 0.717) is 38.6 Å². The third kappa shape index (κ3) is 24.3. The van der Waals surface area contributed by atoms with E-state index < -0.39 is 89.6 Å². The summed E-state index contributed by atoms with van der Waals surface area (Å²) in [5.74, 6) is -6.29. The number of nitrogens with two attached hydrogens (primary N) is 6. The van der Waals surface area contributed by atoms with Crippen molar-refractivity contribution in [2.45, 2.75) is 168 Å². The van der Waals surface area contributed by atoms with Gasteiger partial charge in [0.15, 0.2) is 11.9 Å². The molecule has 0 aliphatic rings. The number of amides is 6. The lowest BCUT2D eigenvalue weighted by Gasteiger charge is -2.30.